The van der Waals surface area contributed by atoms with E-state index in [9.17, 15) is 24.0 Å². The summed E-state index contributed by atoms with van der Waals surface area (Å²) < 4.78 is 23.1. The van der Waals surface area contributed by atoms with Gasteiger partial charge in [-0.1, -0.05) is 162 Å². The molecule has 0 saturated carbocycles. The monoisotopic (exact) mass is 1020 g/mol. The average Bonchev–Trinajstić information content (AvgIpc) is 3.91. The van der Waals surface area contributed by atoms with Crippen LogP contribution in [0.2, 0.25) is 0 Å². The summed E-state index contributed by atoms with van der Waals surface area (Å²) in [4.78, 5) is 69.4. The Morgan fingerprint density at radius 1 is 0.417 bits per heavy atom. The Hall–Kier alpha value is -2.95. The van der Waals surface area contributed by atoms with Crippen LogP contribution in [0.4, 0.5) is 0 Å². The Kier molecular flexibility index (Phi) is 45.6. The molecule has 1 amide bonds. The third-order valence-corrected chi connectivity index (χ3v) is 14.4. The number of esters is 4. The highest BCUT2D eigenvalue weighted by Crippen LogP contribution is 2.21. The number of ether oxygens (including phenoxy) is 4. The van der Waals surface area contributed by atoms with Gasteiger partial charge in [0, 0.05) is 51.1 Å². The quantitative estimate of drug-likeness (QED) is 0.0251. The molecule has 420 valence electrons. The van der Waals surface area contributed by atoms with Crippen LogP contribution in [0.1, 0.15) is 272 Å². The minimum absolute atomic E-state index is 0.0668. The van der Waals surface area contributed by atoms with Crippen molar-refractivity contribution in [2.24, 2.45) is 17.8 Å². The lowest BCUT2D eigenvalue weighted by Gasteiger charge is -2.28. The van der Waals surface area contributed by atoms with Crippen LogP contribution < -0.4 is 0 Å². The number of allylic oxidation sites excluding steroid dienone is 2. The van der Waals surface area contributed by atoms with Crippen molar-refractivity contribution in [1.82, 2.24) is 9.80 Å². The Labute approximate surface area is 442 Å². The van der Waals surface area contributed by atoms with Crippen molar-refractivity contribution in [3.63, 3.8) is 0 Å². The van der Waals surface area contributed by atoms with E-state index in [-0.39, 0.29) is 61.8 Å². The molecular weight excluding hydrogens is 905 g/mol. The highest BCUT2D eigenvalue weighted by Gasteiger charge is 2.23. The standard InChI is InChI=1S/C61H112N2O9/c1-6-11-16-19-20-21-28-40-57(64)63(48-35-47-62-45-33-34-46-62)49-56(52-71-60(67)43-31-24-22-29-41-58(65)69-50-54(36-14-9-4)38-26-17-12-7-2)53-72-61(68)44-32-25-23-30-42-59(66)70-51-55(37-15-10-5)39-27-18-13-8-3/h20-21,54-56H,6-19,22-53H2,1-5H3/b21-20-. The fourth-order valence-corrected chi connectivity index (χ4v) is 9.63. The van der Waals surface area contributed by atoms with E-state index in [0.717, 1.165) is 116 Å². The number of likely N-dealkylation sites (tertiary alicyclic amines) is 1. The third kappa shape index (κ3) is 40.4. The minimum Gasteiger partial charge on any atom is -0.465 e. The van der Waals surface area contributed by atoms with Gasteiger partial charge in [-0.2, -0.15) is 0 Å². The normalized spacial score (nSPS) is 14.1. The van der Waals surface area contributed by atoms with Crippen LogP contribution in [0.25, 0.3) is 0 Å². The smallest absolute Gasteiger partial charge is 0.305 e. The van der Waals surface area contributed by atoms with E-state index in [4.69, 9.17) is 18.9 Å². The summed E-state index contributed by atoms with van der Waals surface area (Å²) in [7, 11) is 0. The number of amides is 1. The second-order valence-electron chi connectivity index (χ2n) is 21.4. The van der Waals surface area contributed by atoms with Gasteiger partial charge in [-0.25, -0.2) is 0 Å². The molecule has 0 bridgehead atoms. The van der Waals surface area contributed by atoms with Gasteiger partial charge in [0.25, 0.3) is 0 Å². The highest BCUT2D eigenvalue weighted by molar-refractivity contribution is 5.76. The number of nitrogens with zero attached hydrogens (tertiary/aromatic N) is 2. The zero-order chi connectivity index (χ0) is 52.5. The van der Waals surface area contributed by atoms with Crippen molar-refractivity contribution in [2.45, 2.75) is 272 Å². The number of unbranched alkanes of at least 4 members (excludes halogenated alkanes) is 17. The molecule has 0 radical (unpaired) electrons. The van der Waals surface area contributed by atoms with Gasteiger partial charge < -0.3 is 28.7 Å². The maximum Gasteiger partial charge on any atom is 0.305 e. The molecule has 1 fully saturated rings. The van der Waals surface area contributed by atoms with Crippen LogP contribution in [0.3, 0.4) is 0 Å². The molecule has 0 aromatic carbocycles. The van der Waals surface area contributed by atoms with Gasteiger partial charge in [-0.3, -0.25) is 24.0 Å². The number of hydrogen-bond acceptors (Lipinski definition) is 10. The van der Waals surface area contributed by atoms with E-state index >= 15 is 0 Å². The van der Waals surface area contributed by atoms with Crippen molar-refractivity contribution >= 4 is 29.8 Å². The molecule has 2 unspecified atom stereocenters. The van der Waals surface area contributed by atoms with E-state index < -0.39 is 0 Å². The van der Waals surface area contributed by atoms with Crippen molar-refractivity contribution in [2.75, 3.05) is 59.2 Å². The van der Waals surface area contributed by atoms with E-state index in [1.54, 1.807) is 0 Å². The second-order valence-corrected chi connectivity index (χ2v) is 21.4. The maximum atomic E-state index is 13.8. The Balaban J connectivity index is 2.72. The predicted octanol–water partition coefficient (Wildman–Crippen LogP) is 15.2. The van der Waals surface area contributed by atoms with Crippen LogP contribution in [-0.4, -0.2) is 98.7 Å². The lowest BCUT2D eigenvalue weighted by molar-refractivity contribution is -0.150. The molecule has 0 aliphatic carbocycles. The summed E-state index contributed by atoms with van der Waals surface area (Å²) >= 11 is 0. The first-order valence-electron chi connectivity index (χ1n) is 30.4. The molecule has 0 aromatic rings. The molecule has 0 spiro atoms. The van der Waals surface area contributed by atoms with E-state index in [0.29, 0.717) is 76.7 Å². The third-order valence-electron chi connectivity index (χ3n) is 14.4. The molecule has 1 saturated heterocycles. The summed E-state index contributed by atoms with van der Waals surface area (Å²) in [5.74, 6) is -0.227. The van der Waals surface area contributed by atoms with Crippen molar-refractivity contribution in [3.8, 4) is 0 Å². The Morgan fingerprint density at radius 2 is 0.792 bits per heavy atom. The van der Waals surface area contributed by atoms with Gasteiger partial charge in [0.05, 0.1) is 26.4 Å². The largest absolute Gasteiger partial charge is 0.465 e. The summed E-state index contributed by atoms with van der Waals surface area (Å²) in [5.41, 5.74) is 0. The van der Waals surface area contributed by atoms with Crippen molar-refractivity contribution in [3.05, 3.63) is 12.2 Å². The van der Waals surface area contributed by atoms with E-state index in [1.807, 2.05) is 4.90 Å². The van der Waals surface area contributed by atoms with Gasteiger partial charge >= 0.3 is 23.9 Å². The molecule has 0 aromatic heterocycles. The average molecular weight is 1020 g/mol. The number of carbonyl (C=O) groups excluding carboxylic acids is 5. The van der Waals surface area contributed by atoms with Crippen LogP contribution >= 0.6 is 0 Å². The summed E-state index contributed by atoms with van der Waals surface area (Å²) in [6.07, 6.45) is 39.7. The SMILES string of the molecule is CCCCC/C=C\CCC(=O)N(CCCN1CCCC1)CC(COC(=O)CCCCCCC(=O)OCC(CCCC)CCCCCC)COC(=O)CCCCCCC(=O)OCC(CCCC)CCCCCC. The molecule has 1 heterocycles. The van der Waals surface area contributed by atoms with Crippen LogP contribution in [0.5, 0.6) is 0 Å². The second kappa shape index (κ2) is 49.0. The minimum atomic E-state index is -0.355. The number of hydrogen-bond donors (Lipinski definition) is 0. The maximum absolute atomic E-state index is 13.8. The molecule has 11 heteroatoms. The lowest BCUT2D eigenvalue weighted by Crippen LogP contribution is -2.40. The van der Waals surface area contributed by atoms with Crippen LogP contribution in [-0.2, 0) is 42.9 Å². The van der Waals surface area contributed by atoms with Gasteiger partial charge in [0.15, 0.2) is 0 Å². The first-order valence-corrected chi connectivity index (χ1v) is 30.4. The Morgan fingerprint density at radius 3 is 1.22 bits per heavy atom. The van der Waals surface area contributed by atoms with Crippen LogP contribution in [0.15, 0.2) is 12.2 Å². The molecule has 2 atom stereocenters. The fraction of sp³-hybridized carbons (Fsp3) is 0.885. The molecule has 1 aliphatic heterocycles. The summed E-state index contributed by atoms with van der Waals surface area (Å²) in [5, 5.41) is 0. The van der Waals surface area contributed by atoms with Crippen molar-refractivity contribution < 1.29 is 42.9 Å². The zero-order valence-corrected chi connectivity index (χ0v) is 47.5. The fourth-order valence-electron chi connectivity index (χ4n) is 9.63. The highest BCUT2D eigenvalue weighted by atomic mass is 16.5. The molecule has 1 rings (SSSR count). The van der Waals surface area contributed by atoms with Gasteiger partial charge in [-0.15, -0.1) is 0 Å². The lowest BCUT2D eigenvalue weighted by atomic mass is 9.96. The Bertz CT molecular complexity index is 1280. The van der Waals surface area contributed by atoms with Gasteiger partial charge in [0.2, 0.25) is 5.91 Å². The molecule has 0 N–H and O–H groups in total. The van der Waals surface area contributed by atoms with Gasteiger partial charge in [-0.05, 0) is 121 Å². The molecule has 72 heavy (non-hydrogen) atoms. The summed E-state index contributed by atoms with van der Waals surface area (Å²) in [6, 6.07) is 0. The predicted molar refractivity (Wildman–Crippen MR) is 296 cm³/mol. The van der Waals surface area contributed by atoms with E-state index in [2.05, 4.69) is 51.7 Å². The van der Waals surface area contributed by atoms with E-state index in [1.165, 1.54) is 89.9 Å². The number of carbonyl (C=O) groups is 5. The topological polar surface area (TPSA) is 129 Å². The summed E-state index contributed by atoms with van der Waals surface area (Å²) in [6.45, 7) is 16.3. The molecule has 1 aliphatic rings. The van der Waals surface area contributed by atoms with Crippen LogP contribution in [0, 0.1) is 17.8 Å². The molecule has 11 nitrogen and oxygen atoms in total. The van der Waals surface area contributed by atoms with Gasteiger partial charge in [0.1, 0.15) is 0 Å². The van der Waals surface area contributed by atoms with Crippen molar-refractivity contribution in [1.29, 1.82) is 0 Å². The number of rotatable bonds is 51. The first kappa shape index (κ1) is 67.1. The zero-order valence-electron chi connectivity index (χ0n) is 47.5. The first-order chi connectivity index (χ1) is 35.1. The molecular formula is C61H112N2O9.